The van der Waals surface area contributed by atoms with Crippen LogP contribution in [0.5, 0.6) is 0 Å². The predicted molar refractivity (Wildman–Crippen MR) is 160 cm³/mol. The lowest BCUT2D eigenvalue weighted by molar-refractivity contribution is -0.384. The van der Waals surface area contributed by atoms with Gasteiger partial charge in [-0.25, -0.2) is 9.59 Å². The molecule has 1 amide bonds. The first-order valence-corrected chi connectivity index (χ1v) is 15.4. The molecule has 3 fully saturated rings. The second kappa shape index (κ2) is 16.0. The molecule has 1 unspecified atom stereocenters. The Kier molecular flexibility index (Phi) is 12.0. The van der Waals surface area contributed by atoms with E-state index in [4.69, 9.17) is 44.8 Å². The summed E-state index contributed by atoms with van der Waals surface area (Å²) in [5.74, 6) is -0.688. The number of carbonyl (C=O) groups excluding carboxylic acids is 2. The van der Waals surface area contributed by atoms with Crippen molar-refractivity contribution in [3.63, 3.8) is 0 Å². The van der Waals surface area contributed by atoms with Crippen LogP contribution in [0, 0.1) is 0 Å². The van der Waals surface area contributed by atoms with E-state index in [0.29, 0.717) is 12.0 Å². The Bertz CT molecular complexity index is 1350. The molecular weight excluding hydrogens is 646 g/mol. The van der Waals surface area contributed by atoms with Gasteiger partial charge in [0, 0.05) is 0 Å². The fourth-order valence-electron chi connectivity index (χ4n) is 5.36. The lowest BCUT2D eigenvalue weighted by Crippen LogP contribution is -2.66. The second-order valence-electron chi connectivity index (χ2n) is 11.1. The highest BCUT2D eigenvalue weighted by atomic mass is 35.5. The minimum atomic E-state index is -1.70. The van der Waals surface area contributed by atoms with Crippen LogP contribution < -0.4 is 5.32 Å². The number of aliphatic hydroxyl groups is 4. The molecule has 15 nitrogen and oxygen atoms in total. The number of aliphatic hydroxyl groups excluding tert-OH is 4. The Morgan fingerprint density at radius 3 is 2.43 bits per heavy atom. The van der Waals surface area contributed by atoms with Gasteiger partial charge in [0.2, 0.25) is 0 Å². The Hall–Kier alpha value is -2.93. The SMILES string of the molecule is CCC1OC[C@H]2O[C@H](O[C@H]3[C@H](O)[C@@H](O)[C@H](OCc4ccc(Cl)c(NC(=O)OC)c4)O[C@@H]3COC(=O)c3ccccc3)[C@H](O)[C@@H](O)[C@@H]2O1. The molecule has 258 valence electrons. The van der Waals surface area contributed by atoms with Crippen molar-refractivity contribution in [2.24, 2.45) is 0 Å². The molecule has 3 heterocycles. The van der Waals surface area contributed by atoms with Crippen molar-refractivity contribution in [2.45, 2.75) is 87.7 Å². The summed E-state index contributed by atoms with van der Waals surface area (Å²) < 4.78 is 44.9. The molecule has 5 rings (SSSR count). The number of anilines is 1. The van der Waals surface area contributed by atoms with Crippen LogP contribution in [0.15, 0.2) is 48.5 Å². The topological polar surface area (TPSA) is 201 Å². The van der Waals surface area contributed by atoms with Crippen molar-refractivity contribution in [3.05, 3.63) is 64.7 Å². The normalized spacial score (nSPS) is 33.8. The van der Waals surface area contributed by atoms with E-state index in [1.54, 1.807) is 36.4 Å². The van der Waals surface area contributed by atoms with Gasteiger partial charge in [0.05, 0.1) is 36.6 Å². The maximum Gasteiger partial charge on any atom is 0.411 e. The molecule has 0 radical (unpaired) electrons. The van der Waals surface area contributed by atoms with Crippen LogP contribution in [0.1, 0.15) is 29.3 Å². The maximum atomic E-state index is 12.7. The first-order valence-electron chi connectivity index (χ1n) is 15.0. The van der Waals surface area contributed by atoms with Gasteiger partial charge in [-0.15, -0.1) is 0 Å². The molecule has 0 saturated carbocycles. The molecule has 5 N–H and O–H groups in total. The van der Waals surface area contributed by atoms with Crippen molar-refractivity contribution in [2.75, 3.05) is 25.6 Å². The number of fused-ring (bicyclic) bond motifs is 1. The first kappa shape index (κ1) is 35.4. The quantitative estimate of drug-likeness (QED) is 0.225. The van der Waals surface area contributed by atoms with E-state index < -0.39 is 86.4 Å². The van der Waals surface area contributed by atoms with Crippen LogP contribution in [0.25, 0.3) is 0 Å². The van der Waals surface area contributed by atoms with Gasteiger partial charge in [-0.2, -0.15) is 0 Å². The van der Waals surface area contributed by atoms with Gasteiger partial charge in [-0.1, -0.05) is 42.8 Å². The zero-order valence-electron chi connectivity index (χ0n) is 25.5. The van der Waals surface area contributed by atoms with Crippen molar-refractivity contribution in [3.8, 4) is 0 Å². The van der Waals surface area contributed by atoms with Crippen molar-refractivity contribution in [1.29, 1.82) is 0 Å². The molecule has 0 aliphatic carbocycles. The van der Waals surface area contributed by atoms with Gasteiger partial charge < -0.3 is 58.3 Å². The third-order valence-corrected chi connectivity index (χ3v) is 8.25. The van der Waals surface area contributed by atoms with E-state index in [9.17, 15) is 30.0 Å². The molecule has 11 atom stereocenters. The number of ether oxygens (including phenoxy) is 8. The summed E-state index contributed by atoms with van der Waals surface area (Å²) in [4.78, 5) is 24.4. The van der Waals surface area contributed by atoms with Crippen LogP contribution in [0.4, 0.5) is 10.5 Å². The van der Waals surface area contributed by atoms with E-state index in [0.717, 1.165) is 0 Å². The Morgan fingerprint density at radius 1 is 0.957 bits per heavy atom. The number of amides is 1. The van der Waals surface area contributed by atoms with Crippen LogP contribution in [0.3, 0.4) is 0 Å². The summed E-state index contributed by atoms with van der Waals surface area (Å²) in [5.41, 5.74) is 1.02. The summed E-state index contributed by atoms with van der Waals surface area (Å²) >= 11 is 6.16. The maximum absolute atomic E-state index is 12.7. The zero-order valence-corrected chi connectivity index (χ0v) is 26.3. The van der Waals surface area contributed by atoms with Gasteiger partial charge in [0.15, 0.2) is 18.9 Å². The third kappa shape index (κ3) is 8.39. The number of hydrogen-bond donors (Lipinski definition) is 5. The van der Waals surface area contributed by atoms with E-state index in [-0.39, 0.29) is 29.5 Å². The van der Waals surface area contributed by atoms with E-state index in [2.05, 4.69) is 10.1 Å². The van der Waals surface area contributed by atoms with Gasteiger partial charge in [0.1, 0.15) is 55.4 Å². The lowest BCUT2D eigenvalue weighted by atomic mass is 9.96. The molecule has 0 spiro atoms. The lowest BCUT2D eigenvalue weighted by Gasteiger charge is -2.48. The van der Waals surface area contributed by atoms with Crippen LogP contribution in [-0.4, -0.2) is 121 Å². The molecule has 47 heavy (non-hydrogen) atoms. The average molecular weight is 684 g/mol. The number of benzene rings is 2. The first-order chi connectivity index (χ1) is 22.6. The number of nitrogens with one attached hydrogen (secondary N) is 1. The largest absolute Gasteiger partial charge is 0.459 e. The van der Waals surface area contributed by atoms with Crippen molar-refractivity contribution >= 4 is 29.4 Å². The summed E-state index contributed by atoms with van der Waals surface area (Å²) in [6.45, 7) is 1.27. The summed E-state index contributed by atoms with van der Waals surface area (Å²) in [6, 6.07) is 12.8. The monoisotopic (exact) mass is 683 g/mol. The number of halogens is 1. The van der Waals surface area contributed by atoms with Crippen molar-refractivity contribution in [1.82, 2.24) is 0 Å². The molecular formula is C31H38ClNO14. The van der Waals surface area contributed by atoms with E-state index in [1.807, 2.05) is 6.92 Å². The number of rotatable bonds is 10. The molecule has 2 aromatic carbocycles. The molecule has 3 aliphatic heterocycles. The van der Waals surface area contributed by atoms with Gasteiger partial charge in [0.25, 0.3) is 0 Å². The number of hydrogen-bond acceptors (Lipinski definition) is 14. The number of esters is 1. The highest BCUT2D eigenvalue weighted by Gasteiger charge is 2.53. The third-order valence-electron chi connectivity index (χ3n) is 7.92. The standard InChI is InChI=1S/C31H38ClNO14/c1-3-21-41-13-19-26(46-21)23(35)25(37)30(45-19)47-27-20(14-42-28(38)16-7-5-4-6-8-16)44-29(24(36)22(27)34)43-12-15-9-10-17(32)18(11-15)33-31(39)40-2/h4-11,19-27,29-30,34-37H,3,12-14H2,1-2H3,(H,33,39)/t19-,20-,21?,22-,23-,24-,25-,26-,27-,29-,30-/m1/s1. The van der Waals surface area contributed by atoms with Gasteiger partial charge >= 0.3 is 12.1 Å². The van der Waals surface area contributed by atoms with Gasteiger partial charge in [-0.3, -0.25) is 5.32 Å². The highest BCUT2D eigenvalue weighted by molar-refractivity contribution is 6.33. The predicted octanol–water partition coefficient (Wildman–Crippen LogP) is 1.32. The second-order valence-corrected chi connectivity index (χ2v) is 11.5. The molecule has 3 saturated heterocycles. The summed E-state index contributed by atoms with van der Waals surface area (Å²) in [6.07, 6.45) is -14.6. The molecule has 3 aliphatic rings. The fraction of sp³-hybridized carbons (Fsp3) is 0.548. The fourth-order valence-corrected chi connectivity index (χ4v) is 5.53. The summed E-state index contributed by atoms with van der Waals surface area (Å²) in [7, 11) is 1.20. The summed E-state index contributed by atoms with van der Waals surface area (Å²) in [5, 5.41) is 46.7. The Morgan fingerprint density at radius 2 is 1.70 bits per heavy atom. The molecule has 0 bridgehead atoms. The van der Waals surface area contributed by atoms with Crippen LogP contribution >= 0.6 is 11.6 Å². The van der Waals surface area contributed by atoms with Crippen LogP contribution in [0.2, 0.25) is 5.02 Å². The highest BCUT2D eigenvalue weighted by Crippen LogP contribution is 2.33. The van der Waals surface area contributed by atoms with E-state index >= 15 is 0 Å². The molecule has 16 heteroatoms. The van der Waals surface area contributed by atoms with Crippen molar-refractivity contribution < 1.29 is 67.9 Å². The van der Waals surface area contributed by atoms with Gasteiger partial charge in [-0.05, 0) is 36.2 Å². The zero-order chi connectivity index (χ0) is 33.7. The average Bonchev–Trinajstić information content (AvgIpc) is 3.09. The van der Waals surface area contributed by atoms with Crippen LogP contribution in [-0.2, 0) is 44.5 Å². The molecule has 2 aromatic rings. The van der Waals surface area contributed by atoms with E-state index in [1.165, 1.54) is 19.2 Å². The smallest absolute Gasteiger partial charge is 0.411 e. The Balaban J connectivity index is 1.30. The number of carbonyl (C=O) groups is 2. The minimum absolute atomic E-state index is 0.0503. The Labute approximate surface area is 275 Å². The number of methoxy groups -OCH3 is 1. The minimum Gasteiger partial charge on any atom is -0.459 e. The molecule has 0 aromatic heterocycles.